The first-order chi connectivity index (χ1) is 12.6. The zero-order valence-electron chi connectivity index (χ0n) is 15.1. The minimum atomic E-state index is -0.372. The normalized spacial score (nSPS) is 13.0. The monoisotopic (exact) mass is 356 g/mol. The molecule has 3 rings (SSSR count). The van der Waals surface area contributed by atoms with Gasteiger partial charge in [0.05, 0.1) is 18.8 Å². The highest BCUT2D eigenvalue weighted by Crippen LogP contribution is 2.33. The molecule has 1 heterocycles. The number of rotatable bonds is 5. The summed E-state index contributed by atoms with van der Waals surface area (Å²) in [5, 5.41) is 13.1. The van der Waals surface area contributed by atoms with E-state index in [1.54, 1.807) is 30.3 Å². The number of carbonyl (C=O) groups is 1. The maximum Gasteiger partial charge on any atom is 0.259 e. The van der Waals surface area contributed by atoms with Gasteiger partial charge in [-0.05, 0) is 38.1 Å². The number of nitrogens with zero attached hydrogens (tertiary/aromatic N) is 1. The molecule has 1 amide bonds. The summed E-state index contributed by atoms with van der Waals surface area (Å²) in [6.07, 6.45) is 0.823. The number of amides is 1. The minimum Gasteiger partial charge on any atom is -0.507 e. The Kier molecular flexibility index (Phi) is 5.51. The van der Waals surface area contributed by atoms with Gasteiger partial charge in [-0.15, -0.1) is 0 Å². The smallest absolute Gasteiger partial charge is 0.259 e. The predicted molar refractivity (Wildman–Crippen MR) is 102 cm³/mol. The van der Waals surface area contributed by atoms with Crippen molar-refractivity contribution in [1.29, 1.82) is 0 Å². The third-order valence-corrected chi connectivity index (χ3v) is 4.36. The molecule has 138 valence electrons. The molecule has 6 nitrogen and oxygen atoms in total. The van der Waals surface area contributed by atoms with Crippen molar-refractivity contribution in [3.63, 3.8) is 0 Å². The Morgan fingerprint density at radius 1 is 1.08 bits per heavy atom. The van der Waals surface area contributed by atoms with Crippen molar-refractivity contribution in [3.05, 3.63) is 42.0 Å². The molecule has 0 bridgehead atoms. The van der Waals surface area contributed by atoms with Crippen LogP contribution >= 0.6 is 0 Å². The Hall–Kier alpha value is -2.89. The van der Waals surface area contributed by atoms with E-state index in [1.165, 1.54) is 0 Å². The van der Waals surface area contributed by atoms with Crippen molar-refractivity contribution >= 4 is 17.3 Å². The molecule has 0 spiro atoms. The fourth-order valence-corrected chi connectivity index (χ4v) is 2.94. The Balaban J connectivity index is 1.77. The van der Waals surface area contributed by atoms with Gasteiger partial charge in [0.1, 0.15) is 5.75 Å². The van der Waals surface area contributed by atoms with Crippen LogP contribution in [-0.2, 0) is 0 Å². The molecular formula is C20H24N2O4. The molecule has 0 aliphatic carbocycles. The third kappa shape index (κ3) is 3.85. The number of fused-ring (bicyclic) bond motifs is 1. The molecule has 0 atom stereocenters. The van der Waals surface area contributed by atoms with Crippen LogP contribution in [0.25, 0.3) is 0 Å². The van der Waals surface area contributed by atoms with Crippen molar-refractivity contribution < 1.29 is 19.4 Å². The van der Waals surface area contributed by atoms with Gasteiger partial charge in [-0.3, -0.25) is 4.79 Å². The van der Waals surface area contributed by atoms with Crippen LogP contribution in [0.3, 0.4) is 0 Å². The highest BCUT2D eigenvalue weighted by molar-refractivity contribution is 6.06. The van der Waals surface area contributed by atoms with E-state index in [2.05, 4.69) is 10.2 Å². The Bertz CT molecular complexity index is 787. The van der Waals surface area contributed by atoms with Crippen LogP contribution in [0.2, 0.25) is 0 Å². The van der Waals surface area contributed by atoms with Crippen LogP contribution in [-0.4, -0.2) is 37.3 Å². The van der Waals surface area contributed by atoms with Crippen molar-refractivity contribution in [2.45, 2.75) is 20.3 Å². The number of carbonyl (C=O) groups excluding carboxylic acids is 1. The molecule has 0 saturated carbocycles. The number of phenolic OH excluding ortho intramolecular Hbond substituents is 1. The molecule has 0 unspecified atom stereocenters. The van der Waals surface area contributed by atoms with E-state index >= 15 is 0 Å². The molecule has 0 aromatic heterocycles. The molecule has 2 aromatic carbocycles. The largest absolute Gasteiger partial charge is 0.507 e. The number of benzene rings is 2. The maximum atomic E-state index is 12.5. The fraction of sp³-hybridized carbons (Fsp3) is 0.350. The van der Waals surface area contributed by atoms with Gasteiger partial charge in [-0.25, -0.2) is 0 Å². The molecule has 1 aliphatic heterocycles. The maximum absolute atomic E-state index is 12.5. The van der Waals surface area contributed by atoms with Crippen LogP contribution in [0, 0.1) is 0 Å². The second kappa shape index (κ2) is 7.99. The van der Waals surface area contributed by atoms with E-state index in [-0.39, 0.29) is 17.2 Å². The number of phenols is 1. The van der Waals surface area contributed by atoms with Gasteiger partial charge < -0.3 is 24.8 Å². The minimum absolute atomic E-state index is 0.0405. The van der Waals surface area contributed by atoms with Crippen LogP contribution in [0.15, 0.2) is 36.4 Å². The molecule has 0 saturated heterocycles. The number of hydrogen-bond acceptors (Lipinski definition) is 5. The number of hydrogen-bond donors (Lipinski definition) is 2. The molecule has 0 fully saturated rings. The van der Waals surface area contributed by atoms with E-state index in [1.807, 2.05) is 19.9 Å². The average Bonchev–Trinajstić information content (AvgIpc) is 2.87. The molecule has 26 heavy (non-hydrogen) atoms. The molecular weight excluding hydrogens is 332 g/mol. The molecule has 2 N–H and O–H groups in total. The molecule has 0 radical (unpaired) electrons. The van der Waals surface area contributed by atoms with E-state index in [0.717, 1.165) is 25.2 Å². The summed E-state index contributed by atoms with van der Waals surface area (Å²) in [5.41, 5.74) is 1.71. The fourth-order valence-electron chi connectivity index (χ4n) is 2.94. The second-order valence-corrected chi connectivity index (χ2v) is 6.04. The summed E-state index contributed by atoms with van der Waals surface area (Å²) in [6.45, 7) is 6.96. The standard InChI is InChI=1S/C20H24N2O4/c1-3-22(4-2)15-7-8-16(17(23)13-15)20(24)21-14-6-9-18-19(12-14)26-11-5-10-25-18/h6-9,12-13,23H,3-5,10-11H2,1-2H3,(H,21,24). The van der Waals surface area contributed by atoms with Gasteiger partial charge in [0, 0.05) is 43.0 Å². The third-order valence-electron chi connectivity index (χ3n) is 4.36. The van der Waals surface area contributed by atoms with Crippen LogP contribution in [0.5, 0.6) is 17.2 Å². The van der Waals surface area contributed by atoms with E-state index in [4.69, 9.17) is 9.47 Å². The zero-order chi connectivity index (χ0) is 18.5. The lowest BCUT2D eigenvalue weighted by atomic mass is 10.1. The Labute approximate surface area is 153 Å². The van der Waals surface area contributed by atoms with Gasteiger partial charge in [-0.1, -0.05) is 0 Å². The quantitative estimate of drug-likeness (QED) is 0.856. The lowest BCUT2D eigenvalue weighted by Gasteiger charge is -2.21. The number of anilines is 2. The SMILES string of the molecule is CCN(CC)c1ccc(C(=O)Nc2ccc3c(c2)OCCCO3)c(O)c1. The Morgan fingerprint density at radius 2 is 1.81 bits per heavy atom. The van der Waals surface area contributed by atoms with E-state index in [0.29, 0.717) is 30.4 Å². The second-order valence-electron chi connectivity index (χ2n) is 6.04. The Morgan fingerprint density at radius 3 is 2.50 bits per heavy atom. The predicted octanol–water partition coefficient (Wildman–Crippen LogP) is 3.65. The van der Waals surface area contributed by atoms with Gasteiger partial charge in [0.25, 0.3) is 5.91 Å². The van der Waals surface area contributed by atoms with Crippen LogP contribution in [0.1, 0.15) is 30.6 Å². The van der Waals surface area contributed by atoms with Crippen molar-refractivity contribution in [1.82, 2.24) is 0 Å². The van der Waals surface area contributed by atoms with Gasteiger partial charge in [-0.2, -0.15) is 0 Å². The van der Waals surface area contributed by atoms with Crippen LogP contribution in [0.4, 0.5) is 11.4 Å². The van der Waals surface area contributed by atoms with Crippen molar-refractivity contribution in [2.75, 3.05) is 36.5 Å². The average molecular weight is 356 g/mol. The van der Waals surface area contributed by atoms with Gasteiger partial charge >= 0.3 is 0 Å². The van der Waals surface area contributed by atoms with Gasteiger partial charge in [0.15, 0.2) is 11.5 Å². The lowest BCUT2D eigenvalue weighted by Crippen LogP contribution is -2.22. The summed E-state index contributed by atoms with van der Waals surface area (Å²) >= 11 is 0. The van der Waals surface area contributed by atoms with E-state index < -0.39 is 0 Å². The summed E-state index contributed by atoms with van der Waals surface area (Å²) < 4.78 is 11.2. The summed E-state index contributed by atoms with van der Waals surface area (Å²) in [5.74, 6) is 0.873. The molecule has 2 aromatic rings. The first-order valence-electron chi connectivity index (χ1n) is 8.91. The number of ether oxygens (including phenoxy) is 2. The zero-order valence-corrected chi connectivity index (χ0v) is 15.1. The highest BCUT2D eigenvalue weighted by atomic mass is 16.5. The summed E-state index contributed by atoms with van der Waals surface area (Å²) in [7, 11) is 0. The number of nitrogens with one attached hydrogen (secondary N) is 1. The summed E-state index contributed by atoms with van der Waals surface area (Å²) in [4.78, 5) is 14.6. The number of aromatic hydroxyl groups is 1. The highest BCUT2D eigenvalue weighted by Gasteiger charge is 2.16. The molecule has 1 aliphatic rings. The van der Waals surface area contributed by atoms with Crippen LogP contribution < -0.4 is 19.7 Å². The lowest BCUT2D eigenvalue weighted by molar-refractivity contribution is 0.102. The molecule has 6 heteroatoms. The van der Waals surface area contributed by atoms with Gasteiger partial charge in [0.2, 0.25) is 0 Å². The first-order valence-corrected chi connectivity index (χ1v) is 8.91. The first kappa shape index (κ1) is 17.9. The van der Waals surface area contributed by atoms with E-state index in [9.17, 15) is 9.90 Å². The van der Waals surface area contributed by atoms with Crippen molar-refractivity contribution in [3.8, 4) is 17.2 Å². The topological polar surface area (TPSA) is 71.0 Å². The van der Waals surface area contributed by atoms with Crippen molar-refractivity contribution in [2.24, 2.45) is 0 Å². The summed E-state index contributed by atoms with van der Waals surface area (Å²) in [6, 6.07) is 10.4.